The lowest BCUT2D eigenvalue weighted by molar-refractivity contribution is 0.0471. The molecule has 1 aliphatic carbocycles. The maximum absolute atomic E-state index is 13.8. The van der Waals surface area contributed by atoms with Gasteiger partial charge in [-0.25, -0.2) is 4.98 Å². The van der Waals surface area contributed by atoms with Crippen LogP contribution in [0.3, 0.4) is 0 Å². The zero-order valence-corrected chi connectivity index (χ0v) is 25.9. The zero-order chi connectivity index (χ0) is 31.7. The van der Waals surface area contributed by atoms with E-state index in [-0.39, 0.29) is 29.8 Å². The van der Waals surface area contributed by atoms with Crippen molar-refractivity contribution in [1.29, 1.82) is 5.26 Å². The quantitative estimate of drug-likeness (QED) is 0.303. The third-order valence-electron chi connectivity index (χ3n) is 10.3. The zero-order valence-electron chi connectivity index (χ0n) is 25.9. The third-order valence-corrected chi connectivity index (χ3v) is 10.3. The minimum absolute atomic E-state index is 0.0282. The first-order valence-corrected chi connectivity index (χ1v) is 15.8. The molecule has 2 aliphatic heterocycles. The Morgan fingerprint density at radius 1 is 1.00 bits per heavy atom. The van der Waals surface area contributed by atoms with Crippen LogP contribution in [0.2, 0.25) is 0 Å². The summed E-state index contributed by atoms with van der Waals surface area (Å²) in [6.45, 7) is 2.52. The molecule has 4 heterocycles. The van der Waals surface area contributed by atoms with Crippen LogP contribution in [0, 0.1) is 23.2 Å². The highest BCUT2D eigenvalue weighted by molar-refractivity contribution is 6.01. The Morgan fingerprint density at radius 3 is 2.46 bits per heavy atom. The largest absolute Gasteiger partial charge is 0.494 e. The average molecular weight is 614 g/mol. The number of ether oxygens (including phenoxy) is 1. The Hall–Kier alpha value is -5.14. The molecular formula is C36H35N7O3. The van der Waals surface area contributed by atoms with E-state index in [1.807, 2.05) is 41.1 Å². The number of piperidine rings is 1. The summed E-state index contributed by atoms with van der Waals surface area (Å²) < 4.78 is 10.3. The highest BCUT2D eigenvalue weighted by atomic mass is 16.5. The second-order valence-corrected chi connectivity index (χ2v) is 12.9. The lowest BCUT2D eigenvalue weighted by Gasteiger charge is -2.39. The molecule has 46 heavy (non-hydrogen) atoms. The molecule has 232 valence electrons. The summed E-state index contributed by atoms with van der Waals surface area (Å²) in [4.78, 5) is 35.9. The number of rotatable bonds is 6. The SMILES string of the molecule is COc1cc(C(=O)N2CC3CCC2[C@@H]3N)cc2nc(-c3cc4ccccc4n3C)n(CC3CN(C(=O)c4ccc(C#N)cc4)C3)c12. The molecule has 2 saturated heterocycles. The van der Waals surface area contributed by atoms with Crippen molar-refractivity contribution in [2.24, 2.45) is 24.6 Å². The van der Waals surface area contributed by atoms with Crippen LogP contribution in [-0.2, 0) is 13.6 Å². The molecule has 5 aromatic rings. The number of imidazole rings is 1. The van der Waals surface area contributed by atoms with E-state index in [1.165, 1.54) is 0 Å². The fourth-order valence-electron chi connectivity index (χ4n) is 7.81. The Bertz CT molecular complexity index is 2070. The van der Waals surface area contributed by atoms with Gasteiger partial charge in [0.15, 0.2) is 5.82 Å². The van der Waals surface area contributed by atoms with Crippen LogP contribution in [-0.4, -0.2) is 74.6 Å². The van der Waals surface area contributed by atoms with E-state index in [2.05, 4.69) is 33.4 Å². The number of methoxy groups -OCH3 is 1. The van der Waals surface area contributed by atoms with Crippen molar-refractivity contribution >= 4 is 33.8 Å². The van der Waals surface area contributed by atoms with Crippen molar-refractivity contribution in [1.82, 2.24) is 23.9 Å². The van der Waals surface area contributed by atoms with Crippen LogP contribution < -0.4 is 10.5 Å². The van der Waals surface area contributed by atoms with Gasteiger partial charge in [0.05, 0.1) is 30.0 Å². The standard InChI is InChI=1S/C36H35N7O3/c1-40-28-6-4-3-5-24(28)14-30(40)34-39-27-13-26(36(45)42-20-25-11-12-29(42)32(25)38)15-31(46-2)33(27)43(34)19-22-17-41(18-22)35(44)23-9-7-21(16-37)8-10-23/h3-10,13-15,22,25,29,32H,11-12,17-20,38H2,1-2H3/t25?,29?,32-/m1/s1. The summed E-state index contributed by atoms with van der Waals surface area (Å²) in [5.74, 6) is 1.87. The van der Waals surface area contributed by atoms with Crippen molar-refractivity contribution < 1.29 is 14.3 Å². The van der Waals surface area contributed by atoms with E-state index in [0.717, 1.165) is 40.8 Å². The minimum atomic E-state index is -0.0406. The Labute approximate surface area is 266 Å². The Morgan fingerprint density at radius 2 is 1.78 bits per heavy atom. The van der Waals surface area contributed by atoms with E-state index >= 15 is 0 Å². The smallest absolute Gasteiger partial charge is 0.254 e. The van der Waals surface area contributed by atoms with E-state index < -0.39 is 0 Å². The number of nitrogens with zero attached hydrogens (tertiary/aromatic N) is 6. The predicted octanol–water partition coefficient (Wildman–Crippen LogP) is 4.41. The fraction of sp³-hybridized carbons (Fsp3) is 0.333. The summed E-state index contributed by atoms with van der Waals surface area (Å²) in [5, 5.41) is 10.2. The van der Waals surface area contributed by atoms with Gasteiger partial charge in [-0.2, -0.15) is 5.26 Å². The van der Waals surface area contributed by atoms with Crippen LogP contribution in [0.4, 0.5) is 0 Å². The van der Waals surface area contributed by atoms with Gasteiger partial charge in [0, 0.05) is 73.3 Å². The molecular weight excluding hydrogens is 578 g/mol. The van der Waals surface area contributed by atoms with Gasteiger partial charge in [-0.3, -0.25) is 9.59 Å². The molecule has 2 aromatic heterocycles. The van der Waals surface area contributed by atoms with Crippen LogP contribution in [0.25, 0.3) is 33.5 Å². The van der Waals surface area contributed by atoms with Gasteiger partial charge in [0.25, 0.3) is 11.8 Å². The molecule has 2 unspecified atom stereocenters. The lowest BCUT2D eigenvalue weighted by atomic mass is 9.98. The number of carbonyl (C=O) groups excluding carboxylic acids is 2. The molecule has 10 heteroatoms. The van der Waals surface area contributed by atoms with Gasteiger partial charge in [-0.1, -0.05) is 18.2 Å². The highest BCUT2D eigenvalue weighted by Crippen LogP contribution is 2.40. The first kappa shape index (κ1) is 28.3. The van der Waals surface area contributed by atoms with E-state index in [4.69, 9.17) is 20.7 Å². The fourth-order valence-corrected chi connectivity index (χ4v) is 7.81. The Balaban J connectivity index is 1.16. The number of fused-ring (bicyclic) bond motifs is 4. The van der Waals surface area contributed by atoms with E-state index in [0.29, 0.717) is 60.1 Å². The molecule has 10 nitrogen and oxygen atoms in total. The number of aryl methyl sites for hydroxylation is 1. The van der Waals surface area contributed by atoms with Crippen LogP contribution >= 0.6 is 0 Å². The number of nitriles is 1. The van der Waals surface area contributed by atoms with Crippen molar-refractivity contribution in [2.45, 2.75) is 31.5 Å². The van der Waals surface area contributed by atoms with E-state index in [9.17, 15) is 9.59 Å². The predicted molar refractivity (Wildman–Crippen MR) is 174 cm³/mol. The molecule has 2 N–H and O–H groups in total. The lowest BCUT2D eigenvalue weighted by Crippen LogP contribution is -2.51. The van der Waals surface area contributed by atoms with Crippen molar-refractivity contribution in [2.75, 3.05) is 26.7 Å². The number of para-hydroxylation sites is 1. The summed E-state index contributed by atoms with van der Waals surface area (Å²) in [6.07, 6.45) is 2.03. The van der Waals surface area contributed by atoms with Gasteiger partial charge < -0.3 is 29.4 Å². The first-order valence-electron chi connectivity index (χ1n) is 15.8. The van der Waals surface area contributed by atoms with Gasteiger partial charge in [-0.05, 0) is 67.3 Å². The molecule has 8 rings (SSSR count). The number of hydrogen-bond acceptors (Lipinski definition) is 6. The Kier molecular flexibility index (Phi) is 6.62. The number of hydrogen-bond donors (Lipinski definition) is 1. The third kappa shape index (κ3) is 4.37. The molecule has 0 spiro atoms. The van der Waals surface area contributed by atoms with E-state index in [1.54, 1.807) is 31.4 Å². The van der Waals surface area contributed by atoms with Crippen molar-refractivity contribution in [3.05, 3.63) is 83.4 Å². The van der Waals surface area contributed by atoms with Gasteiger partial charge >= 0.3 is 0 Å². The topological polar surface area (TPSA) is 122 Å². The molecule has 3 aromatic carbocycles. The number of carbonyl (C=O) groups is 2. The average Bonchev–Trinajstić information content (AvgIpc) is 3.80. The molecule has 3 atom stereocenters. The summed E-state index contributed by atoms with van der Waals surface area (Å²) in [6, 6.07) is 23.1. The number of benzene rings is 3. The van der Waals surface area contributed by atoms with Gasteiger partial charge in [0.1, 0.15) is 11.3 Å². The number of nitrogens with two attached hydrogens (primary N) is 1. The van der Waals surface area contributed by atoms with Gasteiger partial charge in [-0.15, -0.1) is 0 Å². The summed E-state index contributed by atoms with van der Waals surface area (Å²) >= 11 is 0. The summed E-state index contributed by atoms with van der Waals surface area (Å²) in [7, 11) is 3.67. The van der Waals surface area contributed by atoms with Crippen LogP contribution in [0.15, 0.2) is 66.7 Å². The number of amides is 2. The molecule has 3 fully saturated rings. The molecule has 2 amide bonds. The normalized spacial score (nSPS) is 20.8. The molecule has 3 aliphatic rings. The van der Waals surface area contributed by atoms with Crippen LogP contribution in [0.5, 0.6) is 5.75 Å². The second kappa shape index (κ2) is 10.7. The first-order chi connectivity index (χ1) is 22.3. The minimum Gasteiger partial charge on any atom is -0.494 e. The second-order valence-electron chi connectivity index (χ2n) is 12.9. The van der Waals surface area contributed by atoms with Crippen molar-refractivity contribution in [3.8, 4) is 23.3 Å². The molecule has 1 saturated carbocycles. The van der Waals surface area contributed by atoms with Gasteiger partial charge in [0.2, 0.25) is 0 Å². The summed E-state index contributed by atoms with van der Waals surface area (Å²) in [5.41, 5.74) is 11.7. The maximum Gasteiger partial charge on any atom is 0.254 e. The number of aromatic nitrogens is 3. The molecule has 2 bridgehead atoms. The number of likely N-dealkylation sites (tertiary alicyclic amines) is 2. The monoisotopic (exact) mass is 613 g/mol. The van der Waals surface area contributed by atoms with Crippen molar-refractivity contribution in [3.63, 3.8) is 0 Å². The maximum atomic E-state index is 13.8. The molecule has 0 radical (unpaired) electrons. The van der Waals surface area contributed by atoms with Crippen LogP contribution in [0.1, 0.15) is 39.1 Å². The highest BCUT2D eigenvalue weighted by Gasteiger charge is 2.47.